The van der Waals surface area contributed by atoms with Gasteiger partial charge in [-0.3, -0.25) is 4.79 Å². The number of carbonyl (C=O) groups is 1. The average Bonchev–Trinajstić information content (AvgIpc) is 2.53. The molecule has 1 aliphatic heterocycles. The van der Waals surface area contributed by atoms with Crippen molar-refractivity contribution < 1.29 is 14.0 Å². The van der Waals surface area contributed by atoms with Gasteiger partial charge in [-0.2, -0.15) is 0 Å². The van der Waals surface area contributed by atoms with Crippen LogP contribution in [0, 0.1) is 11.8 Å². The van der Waals surface area contributed by atoms with E-state index in [1.54, 1.807) is 0 Å². The minimum atomic E-state index is -1.70. The lowest BCUT2D eigenvalue weighted by molar-refractivity contribution is -0.143. The Kier molecular flexibility index (Phi) is 4.65. The van der Waals surface area contributed by atoms with Crippen LogP contribution in [0.2, 0.25) is 18.1 Å². The second-order valence-corrected chi connectivity index (χ2v) is 12.0. The Morgan fingerprint density at radius 1 is 1.44 bits per heavy atom. The molecule has 0 amide bonds. The number of rotatable bonds is 4. The first kappa shape index (κ1) is 15.7. The molecule has 4 heteroatoms. The van der Waals surface area contributed by atoms with E-state index in [-0.39, 0.29) is 23.0 Å². The molecule has 1 aliphatic rings. The van der Waals surface area contributed by atoms with E-state index in [1.807, 2.05) is 0 Å². The Balaban J connectivity index is 2.51. The van der Waals surface area contributed by atoms with Crippen molar-refractivity contribution in [2.75, 3.05) is 6.61 Å². The van der Waals surface area contributed by atoms with Crippen LogP contribution < -0.4 is 0 Å². The zero-order valence-electron chi connectivity index (χ0n) is 12.9. The third-order valence-electron chi connectivity index (χ3n) is 4.39. The van der Waals surface area contributed by atoms with Crippen molar-refractivity contribution in [2.45, 2.75) is 65.3 Å². The highest BCUT2D eigenvalue weighted by Crippen LogP contribution is 2.37. The summed E-state index contributed by atoms with van der Waals surface area (Å²) in [5.74, 6) is 0.530. The van der Waals surface area contributed by atoms with Crippen molar-refractivity contribution in [1.82, 2.24) is 0 Å². The standard InChI is InChI=1S/C14H28O3Si/c1-10-8-12(15)17-13(10)11(2)9-16-18(6,7)14(3,4)5/h10-11,13H,8-9H2,1-7H3/t10-,11+,13-/m0/s1. The lowest BCUT2D eigenvalue weighted by atomic mass is 9.94. The van der Waals surface area contributed by atoms with Gasteiger partial charge in [-0.15, -0.1) is 0 Å². The fourth-order valence-corrected chi connectivity index (χ4v) is 3.14. The van der Waals surface area contributed by atoms with Gasteiger partial charge in [0.1, 0.15) is 6.10 Å². The van der Waals surface area contributed by atoms with Gasteiger partial charge in [0, 0.05) is 18.4 Å². The Morgan fingerprint density at radius 3 is 2.39 bits per heavy atom. The van der Waals surface area contributed by atoms with Crippen LogP contribution in [0.25, 0.3) is 0 Å². The number of carbonyl (C=O) groups excluding carboxylic acids is 1. The van der Waals surface area contributed by atoms with Gasteiger partial charge < -0.3 is 9.16 Å². The zero-order valence-corrected chi connectivity index (χ0v) is 13.9. The van der Waals surface area contributed by atoms with Gasteiger partial charge in [-0.1, -0.05) is 34.6 Å². The maximum atomic E-state index is 11.3. The summed E-state index contributed by atoms with van der Waals surface area (Å²) in [6.45, 7) is 16.1. The molecule has 106 valence electrons. The van der Waals surface area contributed by atoms with Crippen LogP contribution in [0.1, 0.15) is 41.0 Å². The molecule has 0 aromatic heterocycles. The molecule has 0 aromatic carbocycles. The number of hydrogen-bond donors (Lipinski definition) is 0. The molecule has 1 heterocycles. The van der Waals surface area contributed by atoms with E-state index in [0.29, 0.717) is 18.9 Å². The summed E-state index contributed by atoms with van der Waals surface area (Å²) >= 11 is 0. The third-order valence-corrected chi connectivity index (χ3v) is 8.89. The topological polar surface area (TPSA) is 35.5 Å². The molecule has 0 aromatic rings. The van der Waals surface area contributed by atoms with Gasteiger partial charge in [-0.05, 0) is 18.1 Å². The maximum absolute atomic E-state index is 11.3. The van der Waals surface area contributed by atoms with Crippen LogP contribution >= 0.6 is 0 Å². The van der Waals surface area contributed by atoms with Crippen LogP contribution in [0.15, 0.2) is 0 Å². The Morgan fingerprint density at radius 2 is 2.00 bits per heavy atom. The number of hydrogen-bond acceptors (Lipinski definition) is 3. The monoisotopic (exact) mass is 272 g/mol. The van der Waals surface area contributed by atoms with Gasteiger partial charge in [0.25, 0.3) is 0 Å². The molecule has 0 N–H and O–H groups in total. The van der Waals surface area contributed by atoms with Crippen LogP contribution in [0.4, 0.5) is 0 Å². The van der Waals surface area contributed by atoms with Crippen LogP contribution in [-0.4, -0.2) is 27.0 Å². The summed E-state index contributed by atoms with van der Waals surface area (Å²) in [5, 5.41) is 0.227. The summed E-state index contributed by atoms with van der Waals surface area (Å²) in [4.78, 5) is 11.3. The van der Waals surface area contributed by atoms with Gasteiger partial charge in [0.15, 0.2) is 8.32 Å². The van der Waals surface area contributed by atoms with Crippen LogP contribution in [0.5, 0.6) is 0 Å². The lowest BCUT2D eigenvalue weighted by Crippen LogP contribution is -2.43. The highest BCUT2D eigenvalue weighted by molar-refractivity contribution is 6.74. The molecule has 0 spiro atoms. The van der Waals surface area contributed by atoms with Crippen molar-refractivity contribution in [1.29, 1.82) is 0 Å². The first-order valence-electron chi connectivity index (χ1n) is 6.88. The van der Waals surface area contributed by atoms with Gasteiger partial charge in [0.2, 0.25) is 0 Å². The minimum Gasteiger partial charge on any atom is -0.462 e. The quantitative estimate of drug-likeness (QED) is 0.579. The van der Waals surface area contributed by atoms with Crippen molar-refractivity contribution >= 4 is 14.3 Å². The molecule has 1 rings (SSSR count). The van der Waals surface area contributed by atoms with Gasteiger partial charge in [-0.25, -0.2) is 0 Å². The molecule has 0 unspecified atom stereocenters. The molecule has 3 nitrogen and oxygen atoms in total. The second kappa shape index (κ2) is 5.33. The average molecular weight is 272 g/mol. The third kappa shape index (κ3) is 3.57. The first-order chi connectivity index (χ1) is 8.04. The van der Waals surface area contributed by atoms with Crippen molar-refractivity contribution in [2.24, 2.45) is 11.8 Å². The molecular formula is C14H28O3Si. The molecular weight excluding hydrogens is 244 g/mol. The molecule has 0 radical (unpaired) electrons. The normalized spacial score (nSPS) is 27.2. The van der Waals surface area contributed by atoms with Crippen LogP contribution in [-0.2, 0) is 14.0 Å². The molecule has 0 bridgehead atoms. The molecule has 0 saturated carbocycles. The van der Waals surface area contributed by atoms with Crippen LogP contribution in [0.3, 0.4) is 0 Å². The highest BCUT2D eigenvalue weighted by Gasteiger charge is 2.40. The summed E-state index contributed by atoms with van der Waals surface area (Å²) in [6.07, 6.45) is 0.581. The Hall–Kier alpha value is -0.353. The van der Waals surface area contributed by atoms with Crippen molar-refractivity contribution in [3.8, 4) is 0 Å². The fourth-order valence-electron chi connectivity index (χ4n) is 2.02. The summed E-state index contributed by atoms with van der Waals surface area (Å²) < 4.78 is 11.6. The van der Waals surface area contributed by atoms with E-state index >= 15 is 0 Å². The molecule has 3 atom stereocenters. The number of cyclic esters (lactones) is 1. The molecule has 1 fully saturated rings. The Bertz CT molecular complexity index is 307. The van der Waals surface area contributed by atoms with Gasteiger partial charge >= 0.3 is 5.97 Å². The summed E-state index contributed by atoms with van der Waals surface area (Å²) in [7, 11) is -1.70. The fraction of sp³-hybridized carbons (Fsp3) is 0.929. The van der Waals surface area contributed by atoms with E-state index in [4.69, 9.17) is 9.16 Å². The first-order valence-corrected chi connectivity index (χ1v) is 9.79. The molecule has 18 heavy (non-hydrogen) atoms. The summed E-state index contributed by atoms with van der Waals surface area (Å²) in [5.41, 5.74) is 0. The zero-order chi connectivity index (χ0) is 14.1. The molecule has 0 aliphatic carbocycles. The van der Waals surface area contributed by atoms with E-state index in [1.165, 1.54) is 0 Å². The van der Waals surface area contributed by atoms with Gasteiger partial charge in [0.05, 0.1) is 6.42 Å². The molecule has 1 saturated heterocycles. The van der Waals surface area contributed by atoms with E-state index < -0.39 is 8.32 Å². The predicted octanol–water partition coefficient (Wildman–Crippen LogP) is 3.60. The Labute approximate surface area is 112 Å². The number of esters is 1. The van der Waals surface area contributed by atoms with E-state index in [2.05, 4.69) is 47.7 Å². The lowest BCUT2D eigenvalue weighted by Gasteiger charge is -2.37. The highest BCUT2D eigenvalue weighted by atomic mass is 28.4. The smallest absolute Gasteiger partial charge is 0.306 e. The SMILES string of the molecule is C[C@H](CO[Si](C)(C)C(C)(C)C)[C@H]1OC(=O)C[C@@H]1C. The summed E-state index contributed by atoms with van der Waals surface area (Å²) in [6, 6.07) is 0. The second-order valence-electron chi connectivity index (χ2n) is 7.18. The van der Waals surface area contributed by atoms with E-state index in [9.17, 15) is 4.79 Å². The van der Waals surface area contributed by atoms with Crippen molar-refractivity contribution in [3.63, 3.8) is 0 Å². The van der Waals surface area contributed by atoms with E-state index in [0.717, 1.165) is 0 Å². The minimum absolute atomic E-state index is 0.0299. The number of ether oxygens (including phenoxy) is 1. The largest absolute Gasteiger partial charge is 0.462 e. The maximum Gasteiger partial charge on any atom is 0.306 e. The van der Waals surface area contributed by atoms with Crippen molar-refractivity contribution in [3.05, 3.63) is 0 Å². The predicted molar refractivity (Wildman–Crippen MR) is 76.0 cm³/mol.